The normalized spacial score (nSPS) is 20.3. The predicted octanol–water partition coefficient (Wildman–Crippen LogP) is 2.81. The van der Waals surface area contributed by atoms with E-state index >= 15 is 0 Å². The van der Waals surface area contributed by atoms with Crippen LogP contribution in [0.2, 0.25) is 0 Å². The number of pyridine rings is 4. The van der Waals surface area contributed by atoms with Gasteiger partial charge in [-0.15, -0.1) is 0 Å². The van der Waals surface area contributed by atoms with Crippen molar-refractivity contribution in [1.29, 1.82) is 0 Å². The number of aromatic nitrogens is 6. The van der Waals surface area contributed by atoms with E-state index in [1.807, 2.05) is 21.1 Å². The Kier molecular flexibility index (Phi) is 7.58. The van der Waals surface area contributed by atoms with Crippen molar-refractivity contribution < 1.29 is 18.3 Å². The summed E-state index contributed by atoms with van der Waals surface area (Å²) in [6, 6.07) is 26.1. The van der Waals surface area contributed by atoms with Crippen molar-refractivity contribution in [3.63, 3.8) is 0 Å². The van der Waals surface area contributed by atoms with Crippen LogP contribution in [0.5, 0.6) is 0 Å². The number of rotatable bonds is 4. The lowest BCUT2D eigenvalue weighted by Crippen LogP contribution is -2.31. The molecule has 0 aromatic carbocycles. The van der Waals surface area contributed by atoms with E-state index in [1.165, 1.54) is 5.57 Å². The first-order valence-electron chi connectivity index (χ1n) is 17.5. The molecule has 0 radical (unpaired) electrons. The molecule has 0 aliphatic carbocycles. The van der Waals surface area contributed by atoms with Crippen LogP contribution in [0, 0.1) is 0 Å². The lowest BCUT2D eigenvalue weighted by Gasteiger charge is -2.18. The Morgan fingerprint density at radius 2 is 0.981 bits per heavy atom. The fraction of sp³-hybridized carbons (Fsp3) is 0.114. The number of fused-ring (bicyclic) bond motifs is 7. The fourth-order valence-corrected chi connectivity index (χ4v) is 7.33. The zero-order valence-electron chi connectivity index (χ0n) is 29.7. The Morgan fingerprint density at radius 1 is 0.481 bits per heavy atom. The van der Waals surface area contributed by atoms with E-state index in [2.05, 4.69) is 187 Å². The van der Waals surface area contributed by atoms with Gasteiger partial charge in [-0.1, -0.05) is 6.08 Å². The molecule has 0 spiro atoms. The summed E-state index contributed by atoms with van der Waals surface area (Å²) in [7, 11) is 8.18. The number of aromatic amines is 2. The van der Waals surface area contributed by atoms with Crippen LogP contribution in [-0.2, 0) is 28.2 Å². The van der Waals surface area contributed by atoms with Crippen molar-refractivity contribution >= 4 is 28.0 Å². The summed E-state index contributed by atoms with van der Waals surface area (Å²) in [6.07, 6.45) is 25.6. The quantitative estimate of drug-likeness (QED) is 0.247. The molecule has 9 heterocycles. The van der Waals surface area contributed by atoms with Gasteiger partial charge >= 0.3 is 0 Å². The second-order valence-corrected chi connectivity index (χ2v) is 13.7. The van der Waals surface area contributed by atoms with E-state index in [1.54, 1.807) is 0 Å². The summed E-state index contributed by atoms with van der Waals surface area (Å²) in [5.74, 6) is 0. The van der Waals surface area contributed by atoms with Crippen molar-refractivity contribution in [3.8, 4) is 0 Å². The van der Waals surface area contributed by atoms with Crippen molar-refractivity contribution in [1.82, 2.24) is 15.3 Å². The lowest BCUT2D eigenvalue weighted by atomic mass is 9.99. The summed E-state index contributed by atoms with van der Waals surface area (Å²) in [4.78, 5) is 13.1. The van der Waals surface area contributed by atoms with Gasteiger partial charge in [-0.2, -0.15) is 0 Å². The van der Waals surface area contributed by atoms with E-state index in [-0.39, 0.29) is 6.04 Å². The van der Waals surface area contributed by atoms with Crippen molar-refractivity contribution in [2.24, 2.45) is 33.2 Å². The molecule has 52 heavy (non-hydrogen) atoms. The molecule has 6 aromatic rings. The summed E-state index contributed by atoms with van der Waals surface area (Å²) in [5, 5.41) is 5.99. The Bertz CT molecular complexity index is 2640. The molecule has 0 saturated heterocycles. The Balaban J connectivity index is 1.38. The third kappa shape index (κ3) is 5.64. The van der Waals surface area contributed by atoms with Gasteiger partial charge < -0.3 is 15.3 Å². The van der Waals surface area contributed by atoms with Gasteiger partial charge in [0, 0.05) is 98.6 Å². The number of aryl methyl sites for hydroxylation is 4. The molecule has 0 saturated carbocycles. The Hall–Kier alpha value is -6.67. The van der Waals surface area contributed by atoms with Gasteiger partial charge in [0.15, 0.2) is 49.6 Å². The molecular formula is C44H40N8+4. The third-order valence-electron chi connectivity index (χ3n) is 10.1. The number of nitrogens with one attached hydrogen (secondary N) is 3. The topological polar surface area (TPSA) is 71.5 Å². The number of nitrogens with zero attached hydrogens (tertiary/aromatic N) is 5. The van der Waals surface area contributed by atoms with Crippen LogP contribution in [0.1, 0.15) is 33.6 Å². The minimum atomic E-state index is -0.0820. The number of hydrogen-bond acceptors (Lipinski definition) is 2. The number of aliphatic imine (C=N–C) groups is 1. The fourth-order valence-electron chi connectivity index (χ4n) is 7.33. The highest BCUT2D eigenvalue weighted by atomic mass is 15.0. The smallest absolute Gasteiger partial charge is 0.169 e. The molecule has 8 heteroatoms. The maximum Gasteiger partial charge on any atom is 0.169 e. The Morgan fingerprint density at radius 3 is 1.58 bits per heavy atom. The first-order valence-corrected chi connectivity index (χ1v) is 17.5. The van der Waals surface area contributed by atoms with Gasteiger partial charge in [-0.3, -0.25) is 0 Å². The van der Waals surface area contributed by atoms with Crippen molar-refractivity contribution in [2.75, 3.05) is 0 Å². The Labute approximate surface area is 302 Å². The third-order valence-corrected chi connectivity index (χ3v) is 10.1. The van der Waals surface area contributed by atoms with E-state index < -0.39 is 0 Å². The van der Waals surface area contributed by atoms with Gasteiger partial charge in [-0.25, -0.2) is 23.3 Å². The lowest BCUT2D eigenvalue weighted by molar-refractivity contribution is -0.671. The number of H-pyrrole nitrogens is 2. The van der Waals surface area contributed by atoms with Gasteiger partial charge in [0.25, 0.3) is 0 Å². The van der Waals surface area contributed by atoms with Crippen molar-refractivity contribution in [2.45, 2.75) is 6.04 Å². The van der Waals surface area contributed by atoms with Crippen LogP contribution in [0.4, 0.5) is 0 Å². The van der Waals surface area contributed by atoms with Gasteiger partial charge in [0.2, 0.25) is 0 Å². The highest BCUT2D eigenvalue weighted by Gasteiger charge is 2.26. The zero-order valence-corrected chi connectivity index (χ0v) is 29.7. The first kappa shape index (κ1) is 31.3. The monoisotopic (exact) mass is 680 g/mol. The average Bonchev–Trinajstić information content (AvgIpc) is 3.99. The van der Waals surface area contributed by atoms with Crippen LogP contribution in [0.25, 0.3) is 22.3 Å². The molecular weight excluding hydrogens is 641 g/mol. The van der Waals surface area contributed by atoms with E-state index in [0.29, 0.717) is 0 Å². The van der Waals surface area contributed by atoms with Crippen LogP contribution < -0.4 is 34.3 Å². The molecule has 6 aromatic heterocycles. The molecule has 3 aliphatic heterocycles. The number of allylic oxidation sites excluding steroid dienone is 3. The van der Waals surface area contributed by atoms with Crippen LogP contribution >= 0.6 is 0 Å². The molecule has 252 valence electrons. The molecule has 8 bridgehead atoms. The predicted molar refractivity (Wildman–Crippen MR) is 201 cm³/mol. The van der Waals surface area contributed by atoms with Crippen molar-refractivity contribution in [3.05, 3.63) is 202 Å². The van der Waals surface area contributed by atoms with Crippen LogP contribution in [-0.4, -0.2) is 21.7 Å². The summed E-state index contributed by atoms with van der Waals surface area (Å²) < 4.78 is 8.25. The average molecular weight is 681 g/mol. The second kappa shape index (κ2) is 12.6. The molecule has 3 aliphatic rings. The summed E-state index contributed by atoms with van der Waals surface area (Å²) in [6.45, 7) is 0. The minimum Gasteiger partial charge on any atom is -0.374 e. The standard InChI is InChI=1S/C44H38N8/c1-49-21-13-29(14-22-49)41-33-5-7-35(45-33)42(30-15-23-50(2)24-16-30)37-9-11-39(47-37)44(32-19-27-52(4)28-20-32)40-12-10-38(48-40)43(36-8-6-34(41)46-36)31-17-25-51(3)26-18-31/h5-28,33H,1-4H3,(H,46,47,48)/q+2/p+2. The highest BCUT2D eigenvalue weighted by molar-refractivity contribution is 6.30. The van der Waals surface area contributed by atoms with Crippen LogP contribution in [0.3, 0.4) is 0 Å². The van der Waals surface area contributed by atoms with Gasteiger partial charge in [0.05, 0.1) is 17.5 Å². The minimum absolute atomic E-state index is 0.0820. The van der Waals surface area contributed by atoms with Gasteiger partial charge in [0.1, 0.15) is 28.2 Å². The maximum atomic E-state index is 5.40. The largest absolute Gasteiger partial charge is 0.374 e. The summed E-state index contributed by atoms with van der Waals surface area (Å²) >= 11 is 0. The molecule has 9 rings (SSSR count). The summed E-state index contributed by atoms with van der Waals surface area (Å²) in [5.41, 5.74) is 13.7. The number of hydrogen-bond donors (Lipinski definition) is 3. The first-order chi connectivity index (χ1) is 25.4. The molecule has 3 N–H and O–H groups in total. The molecule has 8 nitrogen and oxygen atoms in total. The second-order valence-electron chi connectivity index (χ2n) is 13.7. The van der Waals surface area contributed by atoms with E-state index in [0.717, 1.165) is 78.2 Å². The van der Waals surface area contributed by atoms with Crippen LogP contribution in [0.15, 0.2) is 163 Å². The maximum absolute atomic E-state index is 5.40. The van der Waals surface area contributed by atoms with E-state index in [4.69, 9.17) is 4.99 Å². The highest BCUT2D eigenvalue weighted by Crippen LogP contribution is 2.35. The molecule has 1 atom stereocenters. The van der Waals surface area contributed by atoms with E-state index in [9.17, 15) is 0 Å². The van der Waals surface area contributed by atoms with Gasteiger partial charge in [-0.05, 0) is 64.7 Å². The zero-order chi connectivity index (χ0) is 35.3. The SMILES string of the molecule is C[n+]1ccc(C2=c3cc/c([nH]3)=C(\c3cc[n+](C)cc3)C3=N/C(=C(/c4cc[n+](C)cc4)c4ccc([nH]4)/C(c4cc[n+](C)cc4)=C4/C=CC2N4)C=C3)cc1. The molecule has 0 amide bonds. The molecule has 0 fully saturated rings. The molecule has 1 unspecified atom stereocenters.